The molecule has 1 saturated heterocycles. The molecule has 0 radical (unpaired) electrons. The van der Waals surface area contributed by atoms with Crippen molar-refractivity contribution < 1.29 is 22.7 Å². The molecule has 2 atom stereocenters. The molecule has 28 heavy (non-hydrogen) atoms. The maximum Gasteiger partial charge on any atom is 0.410 e. The molecule has 1 fully saturated rings. The van der Waals surface area contributed by atoms with E-state index < -0.39 is 23.5 Å². The van der Waals surface area contributed by atoms with Gasteiger partial charge >= 0.3 is 6.09 Å². The number of hydrogen-bond donors (Lipinski definition) is 0. The van der Waals surface area contributed by atoms with E-state index >= 15 is 0 Å². The van der Waals surface area contributed by atoms with Gasteiger partial charge in [0.05, 0.1) is 6.04 Å². The monoisotopic (exact) mass is 387 g/mol. The molecule has 6 heteroatoms. The number of carbonyl (C=O) groups excluding carboxylic acids is 1. The van der Waals surface area contributed by atoms with Crippen LogP contribution in [0, 0.1) is 17.5 Å². The largest absolute Gasteiger partial charge is 0.445 e. The van der Waals surface area contributed by atoms with E-state index in [1.54, 1.807) is 11.0 Å². The quantitative estimate of drug-likeness (QED) is 0.656. The molecule has 0 N–H and O–H groups in total. The molecule has 2 bridgehead atoms. The first-order valence-electron chi connectivity index (χ1n) is 9.38. The van der Waals surface area contributed by atoms with Crippen molar-refractivity contribution in [3.05, 3.63) is 77.1 Å². The van der Waals surface area contributed by atoms with Gasteiger partial charge in [-0.05, 0) is 49.0 Å². The Hall–Kier alpha value is -2.76. The smallest absolute Gasteiger partial charge is 0.410 e. The van der Waals surface area contributed by atoms with Crippen molar-refractivity contribution in [3.8, 4) is 0 Å². The van der Waals surface area contributed by atoms with Crippen molar-refractivity contribution in [2.24, 2.45) is 0 Å². The number of amides is 1. The first-order chi connectivity index (χ1) is 13.5. The molecule has 2 aromatic rings. The minimum Gasteiger partial charge on any atom is -0.445 e. The average molecular weight is 387 g/mol. The van der Waals surface area contributed by atoms with Crippen LogP contribution in [0.4, 0.5) is 18.0 Å². The second kappa shape index (κ2) is 7.70. The van der Waals surface area contributed by atoms with Crippen LogP contribution in [-0.4, -0.2) is 23.1 Å². The summed E-state index contributed by atoms with van der Waals surface area (Å²) in [6, 6.07) is 11.2. The predicted molar refractivity (Wildman–Crippen MR) is 98.8 cm³/mol. The van der Waals surface area contributed by atoms with Crippen molar-refractivity contribution >= 4 is 11.7 Å². The second-order valence-corrected chi connectivity index (χ2v) is 7.22. The molecule has 0 aromatic heterocycles. The Morgan fingerprint density at radius 2 is 1.82 bits per heavy atom. The van der Waals surface area contributed by atoms with Crippen molar-refractivity contribution in [3.63, 3.8) is 0 Å². The first kappa shape index (κ1) is 18.6. The van der Waals surface area contributed by atoms with Gasteiger partial charge in [0.25, 0.3) is 0 Å². The van der Waals surface area contributed by atoms with Crippen LogP contribution in [0.3, 0.4) is 0 Å². The van der Waals surface area contributed by atoms with Gasteiger partial charge in [-0.25, -0.2) is 18.0 Å². The Morgan fingerprint density at radius 3 is 2.57 bits per heavy atom. The van der Waals surface area contributed by atoms with Crippen molar-refractivity contribution in [1.82, 2.24) is 4.90 Å². The van der Waals surface area contributed by atoms with E-state index in [9.17, 15) is 18.0 Å². The third kappa shape index (κ3) is 3.51. The highest BCUT2D eigenvalue weighted by molar-refractivity contribution is 5.74. The summed E-state index contributed by atoms with van der Waals surface area (Å²) < 4.78 is 46.6. The molecule has 146 valence electrons. The Labute approximate surface area is 161 Å². The van der Waals surface area contributed by atoms with E-state index in [-0.39, 0.29) is 24.3 Å². The molecule has 4 rings (SSSR count). The van der Waals surface area contributed by atoms with Crippen LogP contribution < -0.4 is 0 Å². The Bertz CT molecular complexity index is 913. The number of hydrogen-bond acceptors (Lipinski definition) is 2. The second-order valence-electron chi connectivity index (χ2n) is 7.22. The van der Waals surface area contributed by atoms with Crippen molar-refractivity contribution in [2.75, 3.05) is 0 Å². The van der Waals surface area contributed by atoms with E-state index in [2.05, 4.69) is 0 Å². The van der Waals surface area contributed by atoms with Gasteiger partial charge in [-0.15, -0.1) is 0 Å². The molecule has 2 unspecified atom stereocenters. The SMILES string of the molecule is O=C(OCc1ccccc1)N1C2C=C(c3ccc(F)c(F)c3F)CC1CCC2. The predicted octanol–water partition coefficient (Wildman–Crippen LogP) is 5.45. The number of rotatable bonds is 3. The molecule has 2 aliphatic heterocycles. The molecule has 2 heterocycles. The summed E-state index contributed by atoms with van der Waals surface area (Å²) in [5, 5.41) is 0. The summed E-state index contributed by atoms with van der Waals surface area (Å²) in [6.07, 6.45) is 4.21. The highest BCUT2D eigenvalue weighted by atomic mass is 19.2. The van der Waals surface area contributed by atoms with Crippen LogP contribution in [-0.2, 0) is 11.3 Å². The fourth-order valence-electron chi connectivity index (χ4n) is 4.08. The Kier molecular flexibility index (Phi) is 5.11. The van der Waals surface area contributed by atoms with Crippen LogP contribution in [0.5, 0.6) is 0 Å². The minimum atomic E-state index is -1.46. The molecular weight excluding hydrogens is 367 g/mol. The number of benzene rings is 2. The number of carbonyl (C=O) groups is 1. The molecule has 0 spiro atoms. The lowest BCUT2D eigenvalue weighted by Crippen LogP contribution is -2.51. The molecule has 0 saturated carbocycles. The van der Waals surface area contributed by atoms with Crippen molar-refractivity contribution in [1.29, 1.82) is 0 Å². The summed E-state index contributed by atoms with van der Waals surface area (Å²) in [7, 11) is 0. The number of fused-ring (bicyclic) bond motifs is 2. The van der Waals surface area contributed by atoms with E-state index in [0.717, 1.165) is 30.9 Å². The van der Waals surface area contributed by atoms with Crippen LogP contribution in [0.2, 0.25) is 0 Å². The van der Waals surface area contributed by atoms with E-state index in [4.69, 9.17) is 4.74 Å². The Balaban J connectivity index is 1.54. The number of halogens is 3. The van der Waals surface area contributed by atoms with Crippen LogP contribution in [0.1, 0.15) is 36.8 Å². The third-order valence-corrected chi connectivity index (χ3v) is 5.43. The number of piperidine rings is 1. The lowest BCUT2D eigenvalue weighted by atomic mass is 9.83. The van der Waals surface area contributed by atoms with Crippen LogP contribution in [0.15, 0.2) is 48.5 Å². The molecule has 1 amide bonds. The fourth-order valence-corrected chi connectivity index (χ4v) is 4.08. The first-order valence-corrected chi connectivity index (χ1v) is 9.38. The maximum absolute atomic E-state index is 14.2. The van der Waals surface area contributed by atoms with Crippen LogP contribution in [0.25, 0.3) is 5.57 Å². The molecule has 2 aromatic carbocycles. The zero-order valence-corrected chi connectivity index (χ0v) is 15.2. The zero-order valence-electron chi connectivity index (χ0n) is 15.2. The number of nitrogens with zero attached hydrogens (tertiary/aromatic N) is 1. The lowest BCUT2D eigenvalue weighted by Gasteiger charge is -2.44. The molecule has 3 nitrogen and oxygen atoms in total. The summed E-state index contributed by atoms with van der Waals surface area (Å²) in [4.78, 5) is 14.4. The topological polar surface area (TPSA) is 29.5 Å². The summed E-state index contributed by atoms with van der Waals surface area (Å²) in [5.74, 6) is -3.85. The fraction of sp³-hybridized carbons (Fsp3) is 0.318. The van der Waals surface area contributed by atoms with Gasteiger partial charge in [-0.1, -0.05) is 36.4 Å². The van der Waals surface area contributed by atoms with Gasteiger partial charge in [-0.2, -0.15) is 0 Å². The third-order valence-electron chi connectivity index (χ3n) is 5.43. The standard InChI is InChI=1S/C22H20F3NO2/c23-19-10-9-18(20(24)21(19)25)15-11-16-7-4-8-17(12-15)26(16)22(27)28-13-14-5-2-1-3-6-14/h1-3,5-6,9-11,16-17H,4,7-8,12-13H2. The van der Waals surface area contributed by atoms with Gasteiger partial charge in [-0.3, -0.25) is 4.90 Å². The van der Waals surface area contributed by atoms with Crippen LogP contribution >= 0.6 is 0 Å². The van der Waals surface area contributed by atoms with Gasteiger partial charge in [0.2, 0.25) is 0 Å². The van der Waals surface area contributed by atoms with E-state index in [0.29, 0.717) is 12.0 Å². The van der Waals surface area contributed by atoms with Gasteiger partial charge < -0.3 is 4.74 Å². The van der Waals surface area contributed by atoms with Gasteiger partial charge in [0.1, 0.15) is 6.61 Å². The van der Waals surface area contributed by atoms with Crippen molar-refractivity contribution in [2.45, 2.75) is 44.4 Å². The molecular formula is C22H20F3NO2. The van der Waals surface area contributed by atoms with E-state index in [1.807, 2.05) is 30.3 Å². The molecule has 2 aliphatic rings. The molecule has 0 aliphatic carbocycles. The minimum absolute atomic E-state index is 0.0631. The highest BCUT2D eigenvalue weighted by Gasteiger charge is 2.38. The summed E-state index contributed by atoms with van der Waals surface area (Å²) in [5.41, 5.74) is 1.57. The summed E-state index contributed by atoms with van der Waals surface area (Å²) in [6.45, 7) is 0.185. The Morgan fingerprint density at radius 1 is 1.04 bits per heavy atom. The zero-order chi connectivity index (χ0) is 19.7. The summed E-state index contributed by atoms with van der Waals surface area (Å²) >= 11 is 0. The van der Waals surface area contributed by atoms with Gasteiger partial charge in [0, 0.05) is 11.6 Å². The normalized spacial score (nSPS) is 21.2. The number of ether oxygens (including phenoxy) is 1. The highest BCUT2D eigenvalue weighted by Crippen LogP contribution is 2.38. The van der Waals surface area contributed by atoms with E-state index in [1.165, 1.54) is 6.07 Å². The maximum atomic E-state index is 14.2. The van der Waals surface area contributed by atoms with Gasteiger partial charge in [0.15, 0.2) is 17.5 Å². The lowest BCUT2D eigenvalue weighted by molar-refractivity contribution is 0.0510. The average Bonchev–Trinajstić information content (AvgIpc) is 2.70.